The first-order valence-corrected chi connectivity index (χ1v) is 10.1. The van der Waals surface area contributed by atoms with Crippen LogP contribution in [0.4, 0.5) is 0 Å². The molecule has 0 aliphatic carbocycles. The molecule has 1 atom stereocenters. The van der Waals surface area contributed by atoms with Gasteiger partial charge >= 0.3 is 0 Å². The van der Waals surface area contributed by atoms with Crippen molar-refractivity contribution in [3.8, 4) is 0 Å². The Hall–Kier alpha value is -2.27. The fourth-order valence-corrected chi connectivity index (χ4v) is 3.52. The van der Waals surface area contributed by atoms with Gasteiger partial charge in [-0.05, 0) is 49.9 Å². The minimum Gasteiger partial charge on any atom is -0.469 e. The van der Waals surface area contributed by atoms with E-state index in [9.17, 15) is 0 Å². The summed E-state index contributed by atoms with van der Waals surface area (Å²) in [6.45, 7) is 8.18. The third-order valence-corrected chi connectivity index (χ3v) is 5.03. The van der Waals surface area contributed by atoms with Gasteiger partial charge < -0.3 is 20.0 Å². The van der Waals surface area contributed by atoms with Gasteiger partial charge in [0.1, 0.15) is 5.76 Å². The Morgan fingerprint density at radius 1 is 1.15 bits per heavy atom. The van der Waals surface area contributed by atoms with Gasteiger partial charge in [-0.1, -0.05) is 30.3 Å². The van der Waals surface area contributed by atoms with E-state index in [1.54, 1.807) is 6.26 Å². The zero-order valence-electron chi connectivity index (χ0n) is 16.4. The van der Waals surface area contributed by atoms with Crippen molar-refractivity contribution in [3.63, 3.8) is 0 Å². The number of benzene rings is 1. The third-order valence-electron chi connectivity index (χ3n) is 5.03. The molecule has 1 fully saturated rings. The van der Waals surface area contributed by atoms with Crippen LogP contribution < -0.4 is 10.6 Å². The maximum Gasteiger partial charge on any atom is 0.191 e. The smallest absolute Gasteiger partial charge is 0.191 e. The predicted molar refractivity (Wildman–Crippen MR) is 111 cm³/mol. The van der Waals surface area contributed by atoms with Crippen molar-refractivity contribution in [2.45, 2.75) is 26.2 Å². The molecule has 146 valence electrons. The second-order valence-corrected chi connectivity index (χ2v) is 7.17. The van der Waals surface area contributed by atoms with Crippen LogP contribution in [0.1, 0.15) is 24.7 Å². The Bertz CT molecular complexity index is 669. The second kappa shape index (κ2) is 10.8. The molecule has 1 aromatic heterocycles. The summed E-state index contributed by atoms with van der Waals surface area (Å²) in [5.74, 6) is 2.57. The number of guanidine groups is 1. The Kier molecular flexibility index (Phi) is 7.78. The van der Waals surface area contributed by atoms with Crippen LogP contribution in [0.2, 0.25) is 0 Å². The number of rotatable bonds is 9. The lowest BCUT2D eigenvalue weighted by atomic mass is 10.1. The lowest BCUT2D eigenvalue weighted by Gasteiger charge is -2.16. The molecule has 1 aromatic carbocycles. The Labute approximate surface area is 162 Å². The van der Waals surface area contributed by atoms with Gasteiger partial charge in [0, 0.05) is 39.1 Å². The van der Waals surface area contributed by atoms with Gasteiger partial charge in [0.05, 0.1) is 6.26 Å². The number of nitrogens with one attached hydrogen (secondary N) is 2. The fourth-order valence-electron chi connectivity index (χ4n) is 3.52. The molecule has 0 radical (unpaired) electrons. The van der Waals surface area contributed by atoms with E-state index in [1.165, 1.54) is 18.5 Å². The van der Waals surface area contributed by atoms with Crippen LogP contribution in [0.3, 0.4) is 0 Å². The van der Waals surface area contributed by atoms with E-state index in [-0.39, 0.29) is 0 Å². The molecule has 0 saturated carbocycles. The van der Waals surface area contributed by atoms with Crippen LogP contribution in [0.5, 0.6) is 0 Å². The standard InChI is InChI=1S/C22H32N4O/c1-2-23-22(24-13-10-21-9-6-16-27-21)25-17-20-12-15-26(18-20)14-11-19-7-4-3-5-8-19/h3-9,16,20H,2,10-15,17-18H2,1H3,(H2,23,24,25). The van der Waals surface area contributed by atoms with E-state index in [0.717, 1.165) is 57.3 Å². The topological polar surface area (TPSA) is 52.8 Å². The van der Waals surface area contributed by atoms with Gasteiger partial charge in [-0.15, -0.1) is 0 Å². The van der Waals surface area contributed by atoms with Crippen molar-refractivity contribution in [2.75, 3.05) is 39.3 Å². The molecule has 5 nitrogen and oxygen atoms in total. The van der Waals surface area contributed by atoms with Crippen molar-refractivity contribution in [3.05, 3.63) is 60.1 Å². The fraction of sp³-hybridized carbons (Fsp3) is 0.500. The summed E-state index contributed by atoms with van der Waals surface area (Å²) in [5.41, 5.74) is 1.43. The van der Waals surface area contributed by atoms with Crippen LogP contribution >= 0.6 is 0 Å². The molecule has 1 aliphatic heterocycles. The number of hydrogen-bond donors (Lipinski definition) is 2. The number of furan rings is 1. The molecular formula is C22H32N4O. The highest BCUT2D eigenvalue weighted by molar-refractivity contribution is 5.79. The molecule has 0 spiro atoms. The molecule has 0 bridgehead atoms. The highest BCUT2D eigenvalue weighted by Crippen LogP contribution is 2.17. The Morgan fingerprint density at radius 3 is 2.81 bits per heavy atom. The average Bonchev–Trinajstić information content (AvgIpc) is 3.37. The molecule has 1 aliphatic rings. The summed E-state index contributed by atoms with van der Waals surface area (Å²) in [6.07, 6.45) is 4.96. The summed E-state index contributed by atoms with van der Waals surface area (Å²) in [6, 6.07) is 14.7. The van der Waals surface area contributed by atoms with Gasteiger partial charge in [-0.2, -0.15) is 0 Å². The third kappa shape index (κ3) is 6.75. The maximum atomic E-state index is 5.38. The van der Waals surface area contributed by atoms with Crippen LogP contribution in [0.15, 0.2) is 58.1 Å². The van der Waals surface area contributed by atoms with Crippen molar-refractivity contribution < 1.29 is 4.42 Å². The van der Waals surface area contributed by atoms with Crippen molar-refractivity contribution in [1.29, 1.82) is 0 Å². The van der Waals surface area contributed by atoms with Crippen LogP contribution in [-0.4, -0.2) is 50.1 Å². The summed E-state index contributed by atoms with van der Waals surface area (Å²) in [5, 5.41) is 6.75. The highest BCUT2D eigenvalue weighted by Gasteiger charge is 2.21. The molecule has 2 aromatic rings. The van der Waals surface area contributed by atoms with E-state index in [2.05, 4.69) is 52.8 Å². The summed E-state index contributed by atoms with van der Waals surface area (Å²) in [4.78, 5) is 7.38. The summed E-state index contributed by atoms with van der Waals surface area (Å²) < 4.78 is 5.38. The molecule has 27 heavy (non-hydrogen) atoms. The first-order valence-electron chi connectivity index (χ1n) is 10.1. The van der Waals surface area contributed by atoms with Gasteiger partial charge in [-0.25, -0.2) is 0 Å². The monoisotopic (exact) mass is 368 g/mol. The summed E-state index contributed by atoms with van der Waals surface area (Å²) >= 11 is 0. The zero-order chi connectivity index (χ0) is 18.7. The Morgan fingerprint density at radius 2 is 2.04 bits per heavy atom. The molecule has 2 heterocycles. The van der Waals surface area contributed by atoms with Crippen LogP contribution in [0, 0.1) is 5.92 Å². The van der Waals surface area contributed by atoms with Gasteiger partial charge in [-0.3, -0.25) is 4.99 Å². The second-order valence-electron chi connectivity index (χ2n) is 7.17. The minimum atomic E-state index is 0.654. The number of nitrogens with zero attached hydrogens (tertiary/aromatic N) is 2. The first-order chi connectivity index (χ1) is 13.3. The van der Waals surface area contributed by atoms with Crippen molar-refractivity contribution in [2.24, 2.45) is 10.9 Å². The molecule has 1 saturated heterocycles. The zero-order valence-corrected chi connectivity index (χ0v) is 16.4. The lowest BCUT2D eigenvalue weighted by Crippen LogP contribution is -2.38. The molecule has 0 amide bonds. The highest BCUT2D eigenvalue weighted by atomic mass is 16.3. The average molecular weight is 369 g/mol. The van der Waals surface area contributed by atoms with Crippen LogP contribution in [0.25, 0.3) is 0 Å². The predicted octanol–water partition coefficient (Wildman–Crippen LogP) is 2.94. The van der Waals surface area contributed by atoms with Gasteiger partial charge in [0.2, 0.25) is 0 Å². The van der Waals surface area contributed by atoms with Gasteiger partial charge in [0.25, 0.3) is 0 Å². The normalized spacial score (nSPS) is 18.0. The van der Waals surface area contributed by atoms with E-state index in [1.807, 2.05) is 12.1 Å². The SMILES string of the molecule is CCNC(=NCC1CCN(CCc2ccccc2)C1)NCCc1ccco1. The molecular weight excluding hydrogens is 336 g/mol. The van der Waals surface area contributed by atoms with Crippen LogP contribution in [-0.2, 0) is 12.8 Å². The molecule has 2 N–H and O–H groups in total. The molecule has 5 heteroatoms. The number of likely N-dealkylation sites (tertiary alicyclic amines) is 1. The molecule has 1 unspecified atom stereocenters. The van der Waals surface area contributed by atoms with E-state index in [4.69, 9.17) is 9.41 Å². The first kappa shape index (κ1) is 19.5. The number of aliphatic imine (C=N–C) groups is 1. The van der Waals surface area contributed by atoms with Gasteiger partial charge in [0.15, 0.2) is 5.96 Å². The molecule has 3 rings (SSSR count). The summed E-state index contributed by atoms with van der Waals surface area (Å²) in [7, 11) is 0. The van der Waals surface area contributed by atoms with E-state index < -0.39 is 0 Å². The lowest BCUT2D eigenvalue weighted by molar-refractivity contribution is 0.329. The van der Waals surface area contributed by atoms with Crippen molar-refractivity contribution >= 4 is 5.96 Å². The number of hydrogen-bond acceptors (Lipinski definition) is 3. The largest absolute Gasteiger partial charge is 0.469 e. The quantitative estimate of drug-likeness (QED) is 0.528. The van der Waals surface area contributed by atoms with E-state index in [0.29, 0.717) is 5.92 Å². The van der Waals surface area contributed by atoms with Crippen molar-refractivity contribution in [1.82, 2.24) is 15.5 Å². The van der Waals surface area contributed by atoms with E-state index >= 15 is 0 Å². The maximum absolute atomic E-state index is 5.38. The minimum absolute atomic E-state index is 0.654. The Balaban J connectivity index is 1.38.